The van der Waals surface area contributed by atoms with E-state index in [1.807, 2.05) is 13.0 Å². The number of nitrogens with one attached hydrogen (secondary N) is 1. The van der Waals surface area contributed by atoms with E-state index in [0.717, 1.165) is 5.56 Å². The normalized spacial score (nSPS) is 14.2. The number of nitrogen functional groups attached to an aromatic ring is 1. The summed E-state index contributed by atoms with van der Waals surface area (Å²) in [5, 5.41) is 7.45. The third kappa shape index (κ3) is 3.89. The van der Waals surface area contributed by atoms with Crippen LogP contribution >= 0.6 is 11.6 Å². The minimum atomic E-state index is -0.705. The Labute approximate surface area is 204 Å². The van der Waals surface area contributed by atoms with Crippen LogP contribution in [0.5, 0.6) is 0 Å². The molecule has 0 saturated carbocycles. The Morgan fingerprint density at radius 3 is 2.71 bits per heavy atom. The Morgan fingerprint density at radius 2 is 2.00 bits per heavy atom. The van der Waals surface area contributed by atoms with Gasteiger partial charge in [0.15, 0.2) is 11.5 Å². The van der Waals surface area contributed by atoms with Crippen LogP contribution in [0, 0.1) is 5.82 Å². The number of carbonyl (C=O) groups excluding carboxylic acids is 2. The van der Waals surface area contributed by atoms with E-state index in [1.165, 1.54) is 35.3 Å². The first-order valence-electron chi connectivity index (χ1n) is 10.8. The summed E-state index contributed by atoms with van der Waals surface area (Å²) in [6.45, 7) is 2.02. The summed E-state index contributed by atoms with van der Waals surface area (Å²) < 4.78 is 16.3. The number of hydrogen-bond donors (Lipinski definition) is 3. The zero-order valence-electron chi connectivity index (χ0n) is 18.5. The molecule has 35 heavy (non-hydrogen) atoms. The summed E-state index contributed by atoms with van der Waals surface area (Å²) >= 11 is 6.11. The molecule has 1 aliphatic carbocycles. The number of hydrogen-bond acceptors (Lipinski definition) is 5. The SMILES string of the molecule is CC1Cc2c(C(N)=O)nn(-c3ccc(N)cc3F)c2-c2cc(NC(=O)c3ccncc3Cl)ccc21. The number of carbonyl (C=O) groups is 2. The van der Waals surface area contributed by atoms with Crippen LogP contribution in [0.4, 0.5) is 15.8 Å². The molecule has 5 rings (SSSR count). The zero-order valence-corrected chi connectivity index (χ0v) is 19.3. The monoisotopic (exact) mass is 490 g/mol. The Hall–Kier alpha value is -4.24. The lowest BCUT2D eigenvalue weighted by atomic mass is 9.81. The number of nitrogens with zero attached hydrogens (tertiary/aromatic N) is 3. The zero-order chi connectivity index (χ0) is 24.9. The largest absolute Gasteiger partial charge is 0.399 e. The molecule has 0 radical (unpaired) electrons. The fraction of sp³-hybridized carbons (Fsp3) is 0.120. The van der Waals surface area contributed by atoms with Crippen LogP contribution in [0.1, 0.15) is 44.8 Å². The van der Waals surface area contributed by atoms with Crippen LogP contribution in [-0.4, -0.2) is 26.6 Å². The number of aromatic nitrogens is 3. The van der Waals surface area contributed by atoms with E-state index in [2.05, 4.69) is 15.4 Å². The standard InChI is InChI=1S/C25H20ClFN6O2/c1-12-8-18-22(24(29)34)32-33(21-5-2-13(28)9-20(21)27)23(18)17-10-14(3-4-15(12)17)31-25(35)16-6-7-30-11-19(16)26/h2-7,9-12H,8,28H2,1H3,(H2,29,34)(H,31,35). The number of amides is 2. The van der Waals surface area contributed by atoms with Crippen LogP contribution < -0.4 is 16.8 Å². The number of anilines is 2. The van der Waals surface area contributed by atoms with Gasteiger partial charge in [-0.2, -0.15) is 5.10 Å². The summed E-state index contributed by atoms with van der Waals surface area (Å²) in [6, 6.07) is 11.2. The summed E-state index contributed by atoms with van der Waals surface area (Å²) in [7, 11) is 0. The van der Waals surface area contributed by atoms with E-state index in [0.29, 0.717) is 28.9 Å². The molecular formula is C25H20ClFN6O2. The highest BCUT2D eigenvalue weighted by atomic mass is 35.5. The fourth-order valence-electron chi connectivity index (χ4n) is 4.43. The van der Waals surface area contributed by atoms with Gasteiger partial charge in [-0.25, -0.2) is 9.07 Å². The van der Waals surface area contributed by atoms with Crippen LogP contribution in [0.25, 0.3) is 16.9 Å². The van der Waals surface area contributed by atoms with E-state index < -0.39 is 17.6 Å². The average Bonchev–Trinajstić information content (AvgIpc) is 3.19. The molecule has 0 bridgehead atoms. The number of benzene rings is 2. The molecule has 1 unspecified atom stereocenters. The molecule has 1 aliphatic rings. The molecule has 176 valence electrons. The first kappa shape index (κ1) is 22.5. The van der Waals surface area contributed by atoms with Crippen molar-refractivity contribution in [3.8, 4) is 16.9 Å². The molecular weight excluding hydrogens is 471 g/mol. The van der Waals surface area contributed by atoms with Crippen molar-refractivity contribution >= 4 is 34.8 Å². The molecule has 2 heterocycles. The third-order valence-electron chi connectivity index (χ3n) is 6.04. The number of pyridine rings is 1. The third-order valence-corrected chi connectivity index (χ3v) is 6.34. The first-order chi connectivity index (χ1) is 16.7. The summed E-state index contributed by atoms with van der Waals surface area (Å²) in [5.41, 5.74) is 15.4. The van der Waals surface area contributed by atoms with Crippen LogP contribution in [0.2, 0.25) is 5.02 Å². The lowest BCUT2D eigenvalue weighted by Gasteiger charge is -2.25. The van der Waals surface area contributed by atoms with Gasteiger partial charge in [0.1, 0.15) is 5.69 Å². The molecule has 2 aromatic heterocycles. The van der Waals surface area contributed by atoms with Crippen molar-refractivity contribution in [2.45, 2.75) is 19.3 Å². The molecule has 4 aromatic rings. The lowest BCUT2D eigenvalue weighted by Crippen LogP contribution is -2.17. The van der Waals surface area contributed by atoms with Gasteiger partial charge in [-0.15, -0.1) is 0 Å². The van der Waals surface area contributed by atoms with Crippen molar-refractivity contribution in [1.82, 2.24) is 14.8 Å². The number of primary amides is 1. The van der Waals surface area contributed by atoms with Gasteiger partial charge in [0, 0.05) is 34.9 Å². The van der Waals surface area contributed by atoms with E-state index in [9.17, 15) is 14.0 Å². The predicted octanol–water partition coefficient (Wildman–Crippen LogP) is 4.32. The highest BCUT2D eigenvalue weighted by molar-refractivity contribution is 6.34. The second-order valence-electron chi connectivity index (χ2n) is 8.38. The molecule has 2 aromatic carbocycles. The lowest BCUT2D eigenvalue weighted by molar-refractivity contribution is 0.0992. The molecule has 10 heteroatoms. The van der Waals surface area contributed by atoms with Gasteiger partial charge in [0.05, 0.1) is 16.3 Å². The maximum Gasteiger partial charge on any atom is 0.269 e. The van der Waals surface area contributed by atoms with E-state index >= 15 is 0 Å². The molecule has 1 atom stereocenters. The molecule has 0 saturated heterocycles. The Morgan fingerprint density at radius 1 is 1.20 bits per heavy atom. The highest BCUT2D eigenvalue weighted by Crippen LogP contribution is 2.43. The van der Waals surface area contributed by atoms with Crippen molar-refractivity contribution < 1.29 is 14.0 Å². The predicted molar refractivity (Wildman–Crippen MR) is 131 cm³/mol. The quantitative estimate of drug-likeness (QED) is 0.367. The van der Waals surface area contributed by atoms with Gasteiger partial charge >= 0.3 is 0 Å². The second kappa shape index (κ2) is 8.52. The number of fused-ring (bicyclic) bond motifs is 3. The summed E-state index contributed by atoms with van der Waals surface area (Å²) in [5.74, 6) is -1.67. The smallest absolute Gasteiger partial charge is 0.269 e. The van der Waals surface area contributed by atoms with Crippen molar-refractivity contribution in [3.05, 3.63) is 88.1 Å². The maximum absolute atomic E-state index is 14.9. The van der Waals surface area contributed by atoms with Crippen LogP contribution in [0.3, 0.4) is 0 Å². The molecule has 0 fully saturated rings. The van der Waals surface area contributed by atoms with Gasteiger partial charge in [-0.05, 0) is 54.3 Å². The maximum atomic E-state index is 14.9. The molecule has 2 amide bonds. The number of rotatable bonds is 4. The van der Waals surface area contributed by atoms with Crippen molar-refractivity contribution in [2.24, 2.45) is 5.73 Å². The molecule has 5 N–H and O–H groups in total. The number of nitrogens with two attached hydrogens (primary N) is 2. The highest BCUT2D eigenvalue weighted by Gasteiger charge is 2.32. The number of halogens is 2. The van der Waals surface area contributed by atoms with Gasteiger partial charge < -0.3 is 16.8 Å². The Balaban J connectivity index is 1.66. The van der Waals surface area contributed by atoms with Gasteiger partial charge in [-0.3, -0.25) is 14.6 Å². The molecule has 0 spiro atoms. The Kier molecular flexibility index (Phi) is 5.49. The van der Waals surface area contributed by atoms with Crippen LogP contribution in [-0.2, 0) is 6.42 Å². The van der Waals surface area contributed by atoms with Crippen molar-refractivity contribution in [1.29, 1.82) is 0 Å². The summed E-state index contributed by atoms with van der Waals surface area (Å²) in [6.07, 6.45) is 3.37. The topological polar surface area (TPSA) is 129 Å². The fourth-order valence-corrected chi connectivity index (χ4v) is 4.64. The van der Waals surface area contributed by atoms with E-state index in [-0.39, 0.29) is 33.6 Å². The van der Waals surface area contributed by atoms with Crippen molar-refractivity contribution in [3.63, 3.8) is 0 Å². The first-order valence-corrected chi connectivity index (χ1v) is 11.1. The molecule has 0 aliphatic heterocycles. The average molecular weight is 491 g/mol. The minimum Gasteiger partial charge on any atom is -0.399 e. The second-order valence-corrected chi connectivity index (χ2v) is 8.79. The summed E-state index contributed by atoms with van der Waals surface area (Å²) in [4.78, 5) is 28.9. The van der Waals surface area contributed by atoms with Gasteiger partial charge in [0.25, 0.3) is 11.8 Å². The van der Waals surface area contributed by atoms with Gasteiger partial charge in [-0.1, -0.05) is 24.6 Å². The van der Waals surface area contributed by atoms with Gasteiger partial charge in [0.2, 0.25) is 0 Å². The Bertz CT molecular complexity index is 1520. The molecule has 8 nitrogen and oxygen atoms in total. The van der Waals surface area contributed by atoms with Crippen molar-refractivity contribution in [2.75, 3.05) is 11.1 Å². The van der Waals surface area contributed by atoms with E-state index in [4.69, 9.17) is 23.1 Å². The minimum absolute atomic E-state index is 0.0314. The van der Waals surface area contributed by atoms with Crippen LogP contribution in [0.15, 0.2) is 54.9 Å². The van der Waals surface area contributed by atoms with E-state index in [1.54, 1.807) is 18.2 Å².